The topological polar surface area (TPSA) is 61.8 Å². The number of amidine groups is 1. The van der Waals surface area contributed by atoms with Crippen molar-refractivity contribution >= 4 is 51.7 Å². The van der Waals surface area contributed by atoms with Crippen LogP contribution in [0.25, 0.3) is 0 Å². The lowest BCUT2D eigenvalue weighted by atomic mass is 10.2. The molecule has 1 fully saturated rings. The second-order valence-corrected chi connectivity index (χ2v) is 7.40. The van der Waals surface area contributed by atoms with Gasteiger partial charge in [-0.25, -0.2) is 9.38 Å². The van der Waals surface area contributed by atoms with Crippen LogP contribution in [0.15, 0.2) is 53.5 Å². The summed E-state index contributed by atoms with van der Waals surface area (Å²) >= 11 is 7.00. The van der Waals surface area contributed by atoms with Crippen molar-refractivity contribution in [2.45, 2.75) is 18.6 Å². The molecule has 3 rings (SSSR count). The van der Waals surface area contributed by atoms with Gasteiger partial charge in [0.25, 0.3) is 0 Å². The molecule has 2 aromatic carbocycles. The molecule has 27 heavy (non-hydrogen) atoms. The maximum Gasteiger partial charge on any atom is 0.242 e. The number of benzene rings is 2. The predicted molar refractivity (Wildman–Crippen MR) is 107 cm³/mol. The van der Waals surface area contributed by atoms with Gasteiger partial charge in [0.2, 0.25) is 11.8 Å². The minimum Gasteiger partial charge on any atom is -0.326 e. The highest BCUT2D eigenvalue weighted by Gasteiger charge is 2.38. The first-order valence-electron chi connectivity index (χ1n) is 8.34. The minimum absolute atomic E-state index is 0.00107. The van der Waals surface area contributed by atoms with Crippen molar-refractivity contribution in [3.8, 4) is 0 Å². The third-order valence-electron chi connectivity index (χ3n) is 3.90. The van der Waals surface area contributed by atoms with Crippen LogP contribution in [0.5, 0.6) is 0 Å². The normalized spacial score (nSPS) is 18.2. The number of hydrogen-bond donors (Lipinski definition) is 1. The minimum atomic E-state index is -0.595. The van der Waals surface area contributed by atoms with E-state index in [2.05, 4.69) is 10.3 Å². The summed E-state index contributed by atoms with van der Waals surface area (Å²) in [6.45, 7) is 2.21. The molecule has 8 heteroatoms. The highest BCUT2D eigenvalue weighted by atomic mass is 35.5. The van der Waals surface area contributed by atoms with Crippen LogP contribution >= 0.6 is 23.4 Å². The van der Waals surface area contributed by atoms with Gasteiger partial charge in [0.1, 0.15) is 16.8 Å². The zero-order chi connectivity index (χ0) is 19.4. The Bertz CT molecular complexity index is 889. The Morgan fingerprint density at radius 2 is 1.96 bits per heavy atom. The average Bonchev–Trinajstić information content (AvgIpc) is 2.93. The molecule has 1 aliphatic heterocycles. The SMILES string of the molecule is CCN1C(=O)C(CC(=O)Nc2ccc(Cl)cc2)SC1=Nc1ccccc1F. The van der Waals surface area contributed by atoms with E-state index in [1.807, 2.05) is 6.92 Å². The first kappa shape index (κ1) is 19.4. The van der Waals surface area contributed by atoms with Gasteiger partial charge in [0.15, 0.2) is 5.17 Å². The number of aliphatic imine (C=N–C) groups is 1. The van der Waals surface area contributed by atoms with E-state index in [9.17, 15) is 14.0 Å². The second kappa shape index (κ2) is 8.54. The standard InChI is InChI=1S/C19H17ClFN3O2S/c1-2-24-18(26)16(11-17(25)22-13-9-7-12(20)8-10-13)27-19(24)23-15-6-4-3-5-14(15)21/h3-10,16H,2,11H2,1H3,(H,22,25). The molecule has 0 bridgehead atoms. The van der Waals surface area contributed by atoms with Gasteiger partial charge < -0.3 is 5.32 Å². The molecule has 2 aromatic rings. The third-order valence-corrected chi connectivity index (χ3v) is 5.33. The molecule has 5 nitrogen and oxygen atoms in total. The second-order valence-electron chi connectivity index (χ2n) is 5.79. The largest absolute Gasteiger partial charge is 0.326 e. The van der Waals surface area contributed by atoms with Crippen molar-refractivity contribution in [2.75, 3.05) is 11.9 Å². The molecule has 0 radical (unpaired) electrons. The smallest absolute Gasteiger partial charge is 0.242 e. The maximum atomic E-state index is 13.9. The van der Waals surface area contributed by atoms with Crippen LogP contribution in [0.2, 0.25) is 5.02 Å². The quantitative estimate of drug-likeness (QED) is 0.798. The van der Waals surface area contributed by atoms with Gasteiger partial charge in [-0.05, 0) is 43.3 Å². The Kier molecular flexibility index (Phi) is 6.13. The summed E-state index contributed by atoms with van der Waals surface area (Å²) in [4.78, 5) is 30.6. The van der Waals surface area contributed by atoms with Crippen molar-refractivity contribution in [1.29, 1.82) is 0 Å². The van der Waals surface area contributed by atoms with E-state index >= 15 is 0 Å². The Morgan fingerprint density at radius 3 is 2.63 bits per heavy atom. The van der Waals surface area contributed by atoms with Crippen molar-refractivity contribution in [3.63, 3.8) is 0 Å². The summed E-state index contributed by atoms with van der Waals surface area (Å²) in [5, 5.41) is 3.12. The first-order chi connectivity index (χ1) is 13.0. The fourth-order valence-corrected chi connectivity index (χ4v) is 3.92. The number of hydrogen-bond acceptors (Lipinski definition) is 4. The number of halogens is 2. The Labute approximate surface area is 165 Å². The van der Waals surface area contributed by atoms with Crippen molar-refractivity contribution < 1.29 is 14.0 Å². The monoisotopic (exact) mass is 405 g/mol. The molecule has 140 valence electrons. The van der Waals surface area contributed by atoms with Crippen molar-refractivity contribution in [1.82, 2.24) is 4.90 Å². The molecule has 1 unspecified atom stereocenters. The molecule has 1 aliphatic rings. The summed E-state index contributed by atoms with van der Waals surface area (Å²) in [6, 6.07) is 12.8. The van der Waals surface area contributed by atoms with Gasteiger partial charge in [0, 0.05) is 23.7 Å². The van der Waals surface area contributed by atoms with Gasteiger partial charge in [-0.15, -0.1) is 0 Å². The number of carbonyl (C=O) groups is 2. The van der Waals surface area contributed by atoms with Crippen LogP contribution in [0.3, 0.4) is 0 Å². The number of rotatable bonds is 5. The molecular formula is C19H17ClFN3O2S. The number of amides is 2. The number of para-hydroxylation sites is 1. The van der Waals surface area contributed by atoms with Crippen LogP contribution in [-0.4, -0.2) is 33.7 Å². The third kappa shape index (κ3) is 4.67. The Balaban J connectivity index is 1.71. The van der Waals surface area contributed by atoms with E-state index < -0.39 is 11.1 Å². The highest BCUT2D eigenvalue weighted by molar-refractivity contribution is 8.15. The molecular weight excluding hydrogens is 389 g/mol. The first-order valence-corrected chi connectivity index (χ1v) is 9.60. The lowest BCUT2D eigenvalue weighted by molar-refractivity contribution is -0.128. The van der Waals surface area contributed by atoms with E-state index in [0.717, 1.165) is 0 Å². The summed E-state index contributed by atoms with van der Waals surface area (Å²) in [5.74, 6) is -0.951. The van der Waals surface area contributed by atoms with Crippen molar-refractivity contribution in [2.24, 2.45) is 4.99 Å². The number of thioether (sulfide) groups is 1. The summed E-state index contributed by atoms with van der Waals surface area (Å²) in [7, 11) is 0. The number of nitrogens with zero attached hydrogens (tertiary/aromatic N) is 2. The molecule has 1 heterocycles. The van der Waals surface area contributed by atoms with Crippen LogP contribution < -0.4 is 5.32 Å². The molecule has 0 saturated carbocycles. The zero-order valence-electron chi connectivity index (χ0n) is 14.5. The molecule has 0 spiro atoms. The molecule has 1 saturated heterocycles. The molecule has 0 aromatic heterocycles. The lowest BCUT2D eigenvalue weighted by Gasteiger charge is -2.13. The summed E-state index contributed by atoms with van der Waals surface area (Å²) in [6.07, 6.45) is -0.00107. The summed E-state index contributed by atoms with van der Waals surface area (Å²) < 4.78 is 13.9. The molecule has 2 amide bonds. The number of carbonyl (C=O) groups excluding carboxylic acids is 2. The van der Waals surface area contributed by atoms with E-state index in [1.165, 1.54) is 22.7 Å². The van der Waals surface area contributed by atoms with E-state index in [0.29, 0.717) is 22.4 Å². The average molecular weight is 406 g/mol. The van der Waals surface area contributed by atoms with Crippen LogP contribution in [-0.2, 0) is 9.59 Å². The number of anilines is 1. The highest BCUT2D eigenvalue weighted by Crippen LogP contribution is 2.32. The van der Waals surface area contributed by atoms with Gasteiger partial charge >= 0.3 is 0 Å². The van der Waals surface area contributed by atoms with Crippen LogP contribution in [0.1, 0.15) is 13.3 Å². The molecule has 1 N–H and O–H groups in total. The Hall–Kier alpha value is -2.38. The van der Waals surface area contributed by atoms with E-state index in [-0.39, 0.29) is 23.9 Å². The zero-order valence-corrected chi connectivity index (χ0v) is 16.1. The van der Waals surface area contributed by atoms with E-state index in [4.69, 9.17) is 11.6 Å². The maximum absolute atomic E-state index is 13.9. The predicted octanol–water partition coefficient (Wildman–Crippen LogP) is 4.46. The van der Waals surface area contributed by atoms with Gasteiger partial charge in [-0.1, -0.05) is 35.5 Å². The molecule has 0 aliphatic carbocycles. The Morgan fingerprint density at radius 1 is 1.26 bits per heavy atom. The van der Waals surface area contributed by atoms with Crippen molar-refractivity contribution in [3.05, 3.63) is 59.4 Å². The summed E-state index contributed by atoms with van der Waals surface area (Å²) in [5.41, 5.74) is 0.768. The van der Waals surface area contributed by atoms with E-state index in [1.54, 1.807) is 42.5 Å². The molecule has 1 atom stereocenters. The van der Waals surface area contributed by atoms with Gasteiger partial charge in [0.05, 0.1) is 0 Å². The van der Waals surface area contributed by atoms with Gasteiger partial charge in [-0.2, -0.15) is 0 Å². The van der Waals surface area contributed by atoms with Crippen LogP contribution in [0, 0.1) is 5.82 Å². The number of nitrogens with one attached hydrogen (secondary N) is 1. The lowest BCUT2D eigenvalue weighted by Crippen LogP contribution is -2.33. The van der Waals surface area contributed by atoms with Gasteiger partial charge in [-0.3, -0.25) is 14.5 Å². The van der Waals surface area contributed by atoms with Crippen LogP contribution in [0.4, 0.5) is 15.8 Å². The fraction of sp³-hybridized carbons (Fsp3) is 0.211. The fourth-order valence-electron chi connectivity index (χ4n) is 2.58.